The number of nitrogens with zero attached hydrogens (tertiary/aromatic N) is 1. The van der Waals surface area contributed by atoms with Crippen LogP contribution in [0.3, 0.4) is 0 Å². The van der Waals surface area contributed by atoms with Crippen molar-refractivity contribution in [2.75, 3.05) is 13.6 Å². The van der Waals surface area contributed by atoms with Crippen LogP contribution < -0.4 is 0 Å². The lowest BCUT2D eigenvalue weighted by molar-refractivity contribution is -0.925. The van der Waals surface area contributed by atoms with E-state index in [1.165, 1.54) is 6.42 Å². The molecular weight excluding hydrogens is 150 g/mol. The molecule has 1 rings (SSSR count). The van der Waals surface area contributed by atoms with Crippen LogP contribution in [0.4, 0.5) is 0 Å². The maximum Gasteiger partial charge on any atom is 0.0981 e. The summed E-state index contributed by atoms with van der Waals surface area (Å²) >= 11 is 0. The lowest BCUT2D eigenvalue weighted by atomic mass is 9.68. The van der Waals surface area contributed by atoms with Gasteiger partial charge in [0.2, 0.25) is 0 Å². The van der Waals surface area contributed by atoms with Gasteiger partial charge >= 0.3 is 0 Å². The van der Waals surface area contributed by atoms with Gasteiger partial charge in [-0.25, -0.2) is 0 Å². The van der Waals surface area contributed by atoms with Crippen molar-refractivity contribution in [2.45, 2.75) is 46.1 Å². The maximum atomic E-state index is 12.1. The predicted molar refractivity (Wildman–Crippen MR) is 51.5 cm³/mol. The molecule has 1 saturated heterocycles. The molecule has 1 aliphatic rings. The molecule has 0 bridgehead atoms. The first-order valence-electron chi connectivity index (χ1n) is 4.77. The summed E-state index contributed by atoms with van der Waals surface area (Å²) in [6, 6.07) is 0. The van der Waals surface area contributed by atoms with Crippen LogP contribution in [0.5, 0.6) is 0 Å². The van der Waals surface area contributed by atoms with Gasteiger partial charge in [0.05, 0.1) is 19.1 Å². The summed E-state index contributed by atoms with van der Waals surface area (Å²) in [5.74, 6) is 0. The summed E-state index contributed by atoms with van der Waals surface area (Å²) in [6.45, 7) is 9.38. The minimum Gasteiger partial charge on any atom is -0.633 e. The fourth-order valence-corrected chi connectivity index (χ4v) is 2.05. The molecule has 1 unspecified atom stereocenters. The first-order chi connectivity index (χ1) is 5.21. The van der Waals surface area contributed by atoms with Gasteiger partial charge < -0.3 is 9.85 Å². The van der Waals surface area contributed by atoms with E-state index >= 15 is 0 Å². The van der Waals surface area contributed by atoms with Crippen molar-refractivity contribution in [1.29, 1.82) is 0 Å². The van der Waals surface area contributed by atoms with Crippen molar-refractivity contribution in [3.8, 4) is 0 Å². The van der Waals surface area contributed by atoms with E-state index in [0.717, 1.165) is 13.0 Å². The molecule has 0 radical (unpaired) electrons. The highest BCUT2D eigenvalue weighted by Gasteiger charge is 2.49. The van der Waals surface area contributed by atoms with Gasteiger partial charge in [0.25, 0.3) is 0 Å². The lowest BCUT2D eigenvalue weighted by Gasteiger charge is -2.61. The van der Waals surface area contributed by atoms with E-state index in [2.05, 4.69) is 27.7 Å². The molecule has 1 aliphatic heterocycles. The molecule has 1 atom stereocenters. The second kappa shape index (κ2) is 2.46. The van der Waals surface area contributed by atoms with Crippen LogP contribution in [0.25, 0.3) is 0 Å². The average molecular weight is 171 g/mol. The fraction of sp³-hybridized carbons (Fsp3) is 1.00. The minimum atomic E-state index is -0.148. The van der Waals surface area contributed by atoms with E-state index < -0.39 is 0 Å². The van der Waals surface area contributed by atoms with Gasteiger partial charge in [0.15, 0.2) is 0 Å². The first-order valence-corrected chi connectivity index (χ1v) is 4.77. The Morgan fingerprint density at radius 3 is 2.00 bits per heavy atom. The second-order valence-corrected chi connectivity index (χ2v) is 5.37. The summed E-state index contributed by atoms with van der Waals surface area (Å²) in [4.78, 5) is 0. The van der Waals surface area contributed by atoms with Crippen LogP contribution in [0, 0.1) is 10.6 Å². The molecule has 0 aromatic heterocycles. The van der Waals surface area contributed by atoms with E-state index in [0.29, 0.717) is 0 Å². The van der Waals surface area contributed by atoms with Gasteiger partial charge in [0, 0.05) is 5.41 Å². The van der Waals surface area contributed by atoms with Gasteiger partial charge in [-0.2, -0.15) is 0 Å². The highest BCUT2D eigenvalue weighted by atomic mass is 16.5. The van der Waals surface area contributed by atoms with E-state index in [1.807, 2.05) is 0 Å². The van der Waals surface area contributed by atoms with E-state index in [9.17, 15) is 5.21 Å². The third kappa shape index (κ3) is 1.17. The Bertz CT molecular complexity index is 164. The first kappa shape index (κ1) is 10.0. The number of hydrogen-bond acceptors (Lipinski definition) is 1. The quantitative estimate of drug-likeness (QED) is 0.406. The van der Waals surface area contributed by atoms with Gasteiger partial charge in [-0.15, -0.1) is 0 Å². The number of hydroxylamine groups is 3. The SMILES string of the molecule is CC1(C)CCC[N+](C)([O-])C1(C)C. The normalized spacial score (nSPS) is 39.5. The molecular formula is C10H21NO. The molecule has 0 amide bonds. The van der Waals surface area contributed by atoms with Crippen LogP contribution in [0.2, 0.25) is 0 Å². The van der Waals surface area contributed by atoms with Gasteiger partial charge in [-0.05, 0) is 26.7 Å². The second-order valence-electron chi connectivity index (χ2n) is 5.37. The third-order valence-corrected chi connectivity index (χ3v) is 4.23. The number of rotatable bonds is 0. The summed E-state index contributed by atoms with van der Waals surface area (Å²) in [7, 11) is 1.81. The Labute approximate surface area is 75.7 Å². The molecule has 0 aromatic rings. The third-order valence-electron chi connectivity index (χ3n) is 4.23. The van der Waals surface area contributed by atoms with Gasteiger partial charge in [0.1, 0.15) is 0 Å². The van der Waals surface area contributed by atoms with Crippen molar-refractivity contribution in [1.82, 2.24) is 0 Å². The van der Waals surface area contributed by atoms with Crippen LogP contribution in [-0.2, 0) is 0 Å². The largest absolute Gasteiger partial charge is 0.633 e. The van der Waals surface area contributed by atoms with Crippen molar-refractivity contribution < 1.29 is 4.65 Å². The topological polar surface area (TPSA) is 23.1 Å². The number of likely N-dealkylation sites (tertiary alicyclic amines) is 1. The van der Waals surface area contributed by atoms with E-state index in [4.69, 9.17) is 0 Å². The summed E-state index contributed by atoms with van der Waals surface area (Å²) < 4.78 is -0.0833. The molecule has 0 aromatic carbocycles. The van der Waals surface area contributed by atoms with Gasteiger partial charge in [-0.3, -0.25) is 0 Å². The van der Waals surface area contributed by atoms with Crippen LogP contribution in [0.15, 0.2) is 0 Å². The number of piperidine rings is 1. The average Bonchev–Trinajstić information content (AvgIpc) is 1.83. The monoisotopic (exact) mass is 171 g/mol. The Hall–Kier alpha value is -0.0800. The highest BCUT2D eigenvalue weighted by Crippen LogP contribution is 2.46. The van der Waals surface area contributed by atoms with Crippen LogP contribution in [-0.4, -0.2) is 23.8 Å². The Kier molecular flexibility index (Phi) is 2.05. The van der Waals surface area contributed by atoms with Crippen molar-refractivity contribution in [3.63, 3.8) is 0 Å². The Morgan fingerprint density at radius 1 is 1.17 bits per heavy atom. The molecule has 12 heavy (non-hydrogen) atoms. The standard InChI is InChI=1S/C10H21NO/c1-9(2)7-6-8-11(5,12)10(9,3)4/h6-8H2,1-5H3. The summed E-state index contributed by atoms with van der Waals surface area (Å²) in [6.07, 6.45) is 2.24. The molecule has 0 N–H and O–H groups in total. The van der Waals surface area contributed by atoms with E-state index in [-0.39, 0.29) is 15.6 Å². The van der Waals surface area contributed by atoms with Crippen molar-refractivity contribution in [2.24, 2.45) is 5.41 Å². The zero-order valence-corrected chi connectivity index (χ0v) is 8.98. The summed E-state index contributed by atoms with van der Waals surface area (Å²) in [5.41, 5.74) is 0.0208. The Morgan fingerprint density at radius 2 is 1.67 bits per heavy atom. The van der Waals surface area contributed by atoms with Crippen molar-refractivity contribution >= 4 is 0 Å². The zero-order valence-electron chi connectivity index (χ0n) is 8.98. The molecule has 0 aliphatic carbocycles. The molecule has 1 heterocycles. The Balaban J connectivity index is 2.99. The minimum absolute atomic E-state index is 0.0833. The predicted octanol–water partition coefficient (Wildman–Crippen LogP) is 2.53. The number of quaternary nitrogens is 1. The maximum absolute atomic E-state index is 12.1. The molecule has 1 fully saturated rings. The molecule has 0 spiro atoms. The highest BCUT2D eigenvalue weighted by molar-refractivity contribution is 4.91. The molecule has 2 nitrogen and oxygen atoms in total. The summed E-state index contributed by atoms with van der Waals surface area (Å²) in [5, 5.41) is 12.1. The molecule has 2 heteroatoms. The molecule has 0 saturated carbocycles. The van der Waals surface area contributed by atoms with Gasteiger partial charge in [-0.1, -0.05) is 13.8 Å². The smallest absolute Gasteiger partial charge is 0.0981 e. The van der Waals surface area contributed by atoms with Crippen molar-refractivity contribution in [3.05, 3.63) is 5.21 Å². The lowest BCUT2D eigenvalue weighted by Crippen LogP contribution is -2.65. The van der Waals surface area contributed by atoms with Crippen LogP contribution >= 0.6 is 0 Å². The fourth-order valence-electron chi connectivity index (χ4n) is 2.05. The van der Waals surface area contributed by atoms with E-state index in [1.54, 1.807) is 7.05 Å². The molecule has 72 valence electrons. The zero-order chi connectivity index (χ0) is 9.62. The van der Waals surface area contributed by atoms with Crippen LogP contribution in [0.1, 0.15) is 40.5 Å². The number of hydrogen-bond donors (Lipinski definition) is 0.